The maximum Gasteiger partial charge on any atom is 0.218 e. The van der Waals surface area contributed by atoms with Crippen LogP contribution in [0.2, 0.25) is 0 Å². The summed E-state index contributed by atoms with van der Waals surface area (Å²) >= 11 is 0. The van der Waals surface area contributed by atoms with Crippen molar-refractivity contribution in [1.29, 1.82) is 0 Å². The number of ether oxygens (including phenoxy) is 1. The highest BCUT2D eigenvalue weighted by atomic mass is 19.1. The molecule has 1 aliphatic rings. The summed E-state index contributed by atoms with van der Waals surface area (Å²) in [7, 11) is 0. The molecule has 0 atom stereocenters. The van der Waals surface area contributed by atoms with Crippen molar-refractivity contribution in [3.8, 4) is 0 Å². The van der Waals surface area contributed by atoms with E-state index in [1.807, 2.05) is 4.90 Å². The van der Waals surface area contributed by atoms with Crippen LogP contribution in [0.15, 0.2) is 12.4 Å². The van der Waals surface area contributed by atoms with Gasteiger partial charge < -0.3 is 9.64 Å². The molecule has 0 amide bonds. The molecule has 76 valence electrons. The van der Waals surface area contributed by atoms with Crippen molar-refractivity contribution < 1.29 is 9.13 Å². The van der Waals surface area contributed by atoms with Crippen LogP contribution in [0, 0.1) is 5.95 Å². The molecule has 5 heteroatoms. The van der Waals surface area contributed by atoms with Gasteiger partial charge in [-0.15, -0.1) is 0 Å². The zero-order valence-electron chi connectivity index (χ0n) is 7.82. The van der Waals surface area contributed by atoms with E-state index in [9.17, 15) is 4.39 Å². The van der Waals surface area contributed by atoms with Crippen molar-refractivity contribution in [2.45, 2.75) is 6.42 Å². The second kappa shape index (κ2) is 4.32. The average molecular weight is 197 g/mol. The third-order valence-electron chi connectivity index (χ3n) is 2.17. The van der Waals surface area contributed by atoms with Crippen LogP contribution in [0.4, 0.5) is 10.2 Å². The molecule has 4 nitrogen and oxygen atoms in total. The van der Waals surface area contributed by atoms with E-state index in [4.69, 9.17) is 4.74 Å². The highest BCUT2D eigenvalue weighted by molar-refractivity contribution is 5.36. The van der Waals surface area contributed by atoms with Gasteiger partial charge in [0.1, 0.15) is 12.1 Å². The lowest BCUT2D eigenvalue weighted by Crippen LogP contribution is -2.26. The zero-order valence-corrected chi connectivity index (χ0v) is 7.82. The Morgan fingerprint density at radius 1 is 1.29 bits per heavy atom. The fourth-order valence-electron chi connectivity index (χ4n) is 1.47. The molecule has 1 aliphatic heterocycles. The minimum Gasteiger partial charge on any atom is -0.380 e. The van der Waals surface area contributed by atoms with E-state index in [0.717, 1.165) is 26.1 Å². The van der Waals surface area contributed by atoms with E-state index in [2.05, 4.69) is 9.97 Å². The molecular formula is C9H12FN3O. The van der Waals surface area contributed by atoms with Crippen LogP contribution in [0.5, 0.6) is 0 Å². The lowest BCUT2D eigenvalue weighted by molar-refractivity contribution is 0.152. The highest BCUT2D eigenvalue weighted by Crippen LogP contribution is 2.12. The topological polar surface area (TPSA) is 38.2 Å². The van der Waals surface area contributed by atoms with Crippen molar-refractivity contribution in [2.24, 2.45) is 0 Å². The Balaban J connectivity index is 2.12. The fourth-order valence-corrected chi connectivity index (χ4v) is 1.47. The van der Waals surface area contributed by atoms with Crippen molar-refractivity contribution in [2.75, 3.05) is 31.2 Å². The summed E-state index contributed by atoms with van der Waals surface area (Å²) < 4.78 is 18.1. The lowest BCUT2D eigenvalue weighted by Gasteiger charge is -2.19. The standard InChI is InChI=1S/C9H12FN3O/c10-8-6-9(12-7-11-8)13-2-1-4-14-5-3-13/h6-7H,1-5H2. The van der Waals surface area contributed by atoms with E-state index in [1.54, 1.807) is 0 Å². The number of rotatable bonds is 1. The van der Waals surface area contributed by atoms with Gasteiger partial charge in [0.25, 0.3) is 0 Å². The van der Waals surface area contributed by atoms with Crippen LogP contribution in [-0.2, 0) is 4.74 Å². The van der Waals surface area contributed by atoms with Crippen molar-refractivity contribution in [3.05, 3.63) is 18.3 Å². The number of nitrogens with zero attached hydrogens (tertiary/aromatic N) is 3. The van der Waals surface area contributed by atoms with E-state index in [1.165, 1.54) is 12.4 Å². The summed E-state index contributed by atoms with van der Waals surface area (Å²) in [6.07, 6.45) is 2.20. The first-order valence-corrected chi connectivity index (χ1v) is 4.66. The molecule has 2 heterocycles. The van der Waals surface area contributed by atoms with Gasteiger partial charge in [0.15, 0.2) is 0 Å². The van der Waals surface area contributed by atoms with Gasteiger partial charge in [-0.25, -0.2) is 9.97 Å². The Morgan fingerprint density at radius 3 is 3.07 bits per heavy atom. The molecule has 0 aliphatic carbocycles. The molecule has 0 radical (unpaired) electrons. The first-order chi connectivity index (χ1) is 6.86. The van der Waals surface area contributed by atoms with Gasteiger partial charge in [-0.2, -0.15) is 4.39 Å². The van der Waals surface area contributed by atoms with E-state index < -0.39 is 5.95 Å². The Hall–Kier alpha value is -1.23. The number of aromatic nitrogens is 2. The predicted molar refractivity (Wildman–Crippen MR) is 49.6 cm³/mol. The number of hydrogen-bond acceptors (Lipinski definition) is 4. The second-order valence-electron chi connectivity index (χ2n) is 3.15. The maximum atomic E-state index is 12.8. The second-order valence-corrected chi connectivity index (χ2v) is 3.15. The molecule has 2 rings (SSSR count). The minimum atomic E-state index is -0.486. The summed E-state index contributed by atoms with van der Waals surface area (Å²) in [5.74, 6) is 0.156. The molecular weight excluding hydrogens is 185 g/mol. The minimum absolute atomic E-state index is 0.486. The molecule has 0 aromatic carbocycles. The number of hydrogen-bond donors (Lipinski definition) is 0. The predicted octanol–water partition coefficient (Wildman–Crippen LogP) is 0.842. The first kappa shape index (κ1) is 9.33. The van der Waals surface area contributed by atoms with Gasteiger partial charge in [0, 0.05) is 25.8 Å². The number of halogens is 1. The van der Waals surface area contributed by atoms with Crippen LogP contribution in [-0.4, -0.2) is 36.3 Å². The van der Waals surface area contributed by atoms with Crippen LogP contribution >= 0.6 is 0 Å². The normalized spacial score (nSPS) is 17.9. The molecule has 0 spiro atoms. The van der Waals surface area contributed by atoms with Crippen molar-refractivity contribution in [1.82, 2.24) is 9.97 Å². The molecule has 0 N–H and O–H groups in total. The summed E-state index contributed by atoms with van der Waals surface area (Å²) in [6, 6.07) is 1.35. The van der Waals surface area contributed by atoms with Crippen molar-refractivity contribution >= 4 is 5.82 Å². The largest absolute Gasteiger partial charge is 0.380 e. The summed E-state index contributed by atoms with van der Waals surface area (Å²) in [4.78, 5) is 9.46. The first-order valence-electron chi connectivity index (χ1n) is 4.66. The fraction of sp³-hybridized carbons (Fsp3) is 0.556. The van der Waals surface area contributed by atoms with Gasteiger partial charge in [-0.3, -0.25) is 0 Å². The lowest BCUT2D eigenvalue weighted by atomic mass is 10.4. The summed E-state index contributed by atoms with van der Waals surface area (Å²) in [6.45, 7) is 3.06. The Morgan fingerprint density at radius 2 is 2.21 bits per heavy atom. The third kappa shape index (κ3) is 2.17. The van der Waals surface area contributed by atoms with Crippen molar-refractivity contribution in [3.63, 3.8) is 0 Å². The van der Waals surface area contributed by atoms with Crippen LogP contribution in [0.3, 0.4) is 0 Å². The van der Waals surface area contributed by atoms with Gasteiger partial charge in [-0.1, -0.05) is 0 Å². The molecule has 0 saturated carbocycles. The molecule has 0 unspecified atom stereocenters. The number of anilines is 1. The molecule has 1 fully saturated rings. The smallest absolute Gasteiger partial charge is 0.218 e. The van der Waals surface area contributed by atoms with Gasteiger partial charge >= 0.3 is 0 Å². The third-order valence-corrected chi connectivity index (χ3v) is 2.17. The van der Waals surface area contributed by atoms with Crippen LogP contribution in [0.1, 0.15) is 6.42 Å². The summed E-state index contributed by atoms with van der Waals surface area (Å²) in [5, 5.41) is 0. The molecule has 1 aromatic rings. The Bertz CT molecular complexity index is 300. The average Bonchev–Trinajstić information content (AvgIpc) is 2.45. The van der Waals surface area contributed by atoms with Crippen LogP contribution in [0.25, 0.3) is 0 Å². The van der Waals surface area contributed by atoms with Crippen LogP contribution < -0.4 is 4.90 Å². The molecule has 14 heavy (non-hydrogen) atoms. The zero-order chi connectivity index (χ0) is 9.80. The Labute approximate surface area is 81.7 Å². The maximum absolute atomic E-state index is 12.8. The molecule has 1 aromatic heterocycles. The Kier molecular flexibility index (Phi) is 2.88. The monoisotopic (exact) mass is 197 g/mol. The molecule has 0 bridgehead atoms. The quantitative estimate of drug-likeness (QED) is 0.625. The highest BCUT2D eigenvalue weighted by Gasteiger charge is 2.11. The van der Waals surface area contributed by atoms with Gasteiger partial charge in [0.05, 0.1) is 6.61 Å². The molecule has 1 saturated heterocycles. The van der Waals surface area contributed by atoms with E-state index in [-0.39, 0.29) is 0 Å². The van der Waals surface area contributed by atoms with E-state index >= 15 is 0 Å². The van der Waals surface area contributed by atoms with E-state index in [0.29, 0.717) is 12.4 Å². The van der Waals surface area contributed by atoms with Gasteiger partial charge in [-0.05, 0) is 6.42 Å². The van der Waals surface area contributed by atoms with Gasteiger partial charge in [0.2, 0.25) is 5.95 Å². The SMILES string of the molecule is Fc1cc(N2CCCOCC2)ncn1. The summed E-state index contributed by atoms with van der Waals surface area (Å²) in [5.41, 5.74) is 0.